The van der Waals surface area contributed by atoms with Crippen molar-refractivity contribution in [1.82, 2.24) is 10.2 Å². The van der Waals surface area contributed by atoms with Crippen molar-refractivity contribution in [3.63, 3.8) is 0 Å². The second-order valence-electron chi connectivity index (χ2n) is 7.57. The molecule has 0 fully saturated rings. The molecule has 162 valence electrons. The Morgan fingerprint density at radius 3 is 2.20 bits per heavy atom. The van der Waals surface area contributed by atoms with Crippen LogP contribution in [-0.4, -0.2) is 28.8 Å². The van der Waals surface area contributed by atoms with Crippen LogP contribution in [0.2, 0.25) is 10.0 Å². The highest BCUT2D eigenvalue weighted by molar-refractivity contribution is 6.36. The molecule has 0 spiro atoms. The van der Waals surface area contributed by atoms with Crippen molar-refractivity contribution in [2.24, 2.45) is 0 Å². The van der Waals surface area contributed by atoms with Crippen LogP contribution in [0.1, 0.15) is 50.3 Å². The van der Waals surface area contributed by atoms with Gasteiger partial charge in [-0.25, -0.2) is 0 Å². The molecule has 0 aliphatic rings. The number of hydrogen-bond donors (Lipinski definition) is 1. The number of carbonyl (C=O) groups excluding carboxylic acids is 2. The van der Waals surface area contributed by atoms with Gasteiger partial charge in [-0.3, -0.25) is 9.59 Å². The summed E-state index contributed by atoms with van der Waals surface area (Å²) in [6.07, 6.45) is 1.37. The van der Waals surface area contributed by atoms with Crippen LogP contribution in [-0.2, 0) is 22.6 Å². The Morgan fingerprint density at radius 1 is 1.00 bits per heavy atom. The number of hydrogen-bond acceptors (Lipinski definition) is 2. The fourth-order valence-corrected chi connectivity index (χ4v) is 3.82. The number of nitrogens with zero attached hydrogens (tertiary/aromatic N) is 1. The zero-order valence-corrected chi connectivity index (χ0v) is 19.6. The van der Waals surface area contributed by atoms with Crippen molar-refractivity contribution in [3.05, 3.63) is 69.2 Å². The van der Waals surface area contributed by atoms with Gasteiger partial charge in [0, 0.05) is 22.6 Å². The molecule has 0 aliphatic heterocycles. The first kappa shape index (κ1) is 24.2. The van der Waals surface area contributed by atoms with Gasteiger partial charge in [0.15, 0.2) is 0 Å². The van der Waals surface area contributed by atoms with E-state index in [4.69, 9.17) is 23.2 Å². The van der Waals surface area contributed by atoms with Gasteiger partial charge in [0.25, 0.3) is 0 Å². The van der Waals surface area contributed by atoms with Gasteiger partial charge in [0.05, 0.1) is 6.42 Å². The Morgan fingerprint density at radius 2 is 1.63 bits per heavy atom. The lowest BCUT2D eigenvalue weighted by Gasteiger charge is -2.32. The lowest BCUT2D eigenvalue weighted by molar-refractivity contribution is -0.141. The monoisotopic (exact) mass is 448 g/mol. The molecule has 1 N–H and O–H groups in total. The molecule has 0 radical (unpaired) electrons. The first-order chi connectivity index (χ1) is 14.3. The summed E-state index contributed by atoms with van der Waals surface area (Å²) in [4.78, 5) is 28.1. The number of carbonyl (C=O) groups is 2. The predicted molar refractivity (Wildman–Crippen MR) is 124 cm³/mol. The summed E-state index contributed by atoms with van der Waals surface area (Å²) in [6.45, 7) is 8.24. The van der Waals surface area contributed by atoms with Crippen molar-refractivity contribution in [2.75, 3.05) is 0 Å². The van der Waals surface area contributed by atoms with Crippen LogP contribution in [0.25, 0.3) is 0 Å². The first-order valence-electron chi connectivity index (χ1n) is 10.4. The molecule has 2 atom stereocenters. The normalized spacial score (nSPS) is 12.9. The van der Waals surface area contributed by atoms with E-state index in [9.17, 15) is 9.59 Å². The van der Waals surface area contributed by atoms with E-state index in [0.717, 1.165) is 17.5 Å². The lowest BCUT2D eigenvalue weighted by Crippen LogP contribution is -2.51. The van der Waals surface area contributed by atoms with E-state index in [1.54, 1.807) is 23.1 Å². The molecule has 2 amide bonds. The molecular weight excluding hydrogens is 419 g/mol. The number of rotatable bonds is 9. The maximum absolute atomic E-state index is 13.4. The van der Waals surface area contributed by atoms with E-state index >= 15 is 0 Å². The summed E-state index contributed by atoms with van der Waals surface area (Å²) >= 11 is 12.6. The van der Waals surface area contributed by atoms with Crippen molar-refractivity contribution >= 4 is 35.0 Å². The number of amides is 2. The zero-order valence-electron chi connectivity index (χ0n) is 18.0. The van der Waals surface area contributed by atoms with Crippen LogP contribution in [0.15, 0.2) is 42.5 Å². The molecule has 2 aromatic carbocycles. The number of benzene rings is 2. The van der Waals surface area contributed by atoms with Gasteiger partial charge in [0.2, 0.25) is 11.8 Å². The van der Waals surface area contributed by atoms with E-state index in [1.165, 1.54) is 0 Å². The van der Waals surface area contributed by atoms with Crippen LogP contribution in [0, 0.1) is 6.92 Å². The van der Waals surface area contributed by atoms with E-state index in [2.05, 4.69) is 5.32 Å². The van der Waals surface area contributed by atoms with Gasteiger partial charge in [-0.15, -0.1) is 0 Å². The standard InChI is InChI=1S/C24H30Cl2N2O2/c1-5-17(4)27-24(30)22(6-2)28(15-18-11-8-7-10-16(18)3)23(29)14-19-20(25)12-9-13-21(19)26/h7-13,17,22H,5-6,14-15H2,1-4H3,(H,27,30)/t17-,22+/m0/s1. The molecule has 0 saturated carbocycles. The fourth-order valence-electron chi connectivity index (χ4n) is 3.29. The fraction of sp³-hybridized carbons (Fsp3) is 0.417. The summed E-state index contributed by atoms with van der Waals surface area (Å²) in [5, 5.41) is 3.91. The molecule has 2 rings (SSSR count). The quantitative estimate of drug-likeness (QED) is 0.545. The third kappa shape index (κ3) is 6.23. The van der Waals surface area contributed by atoms with E-state index in [0.29, 0.717) is 28.6 Å². The summed E-state index contributed by atoms with van der Waals surface area (Å²) in [5.74, 6) is -0.321. The minimum absolute atomic E-state index is 0.0392. The second-order valence-corrected chi connectivity index (χ2v) is 8.38. The van der Waals surface area contributed by atoms with Crippen LogP contribution >= 0.6 is 23.2 Å². The average molecular weight is 449 g/mol. The van der Waals surface area contributed by atoms with Gasteiger partial charge in [0.1, 0.15) is 6.04 Å². The third-order valence-electron chi connectivity index (χ3n) is 5.38. The number of halogens is 2. The largest absolute Gasteiger partial charge is 0.352 e. The van der Waals surface area contributed by atoms with Gasteiger partial charge in [-0.2, -0.15) is 0 Å². The zero-order chi connectivity index (χ0) is 22.3. The van der Waals surface area contributed by atoms with Crippen molar-refractivity contribution in [1.29, 1.82) is 0 Å². The van der Waals surface area contributed by atoms with Gasteiger partial charge < -0.3 is 10.2 Å². The Labute approximate surface area is 189 Å². The second kappa shape index (κ2) is 11.4. The van der Waals surface area contributed by atoms with E-state index < -0.39 is 6.04 Å². The lowest BCUT2D eigenvalue weighted by atomic mass is 10.0. The smallest absolute Gasteiger partial charge is 0.243 e. The molecule has 0 saturated heterocycles. The van der Waals surface area contributed by atoms with Crippen LogP contribution in [0.3, 0.4) is 0 Å². The molecule has 4 nitrogen and oxygen atoms in total. The summed E-state index contributed by atoms with van der Waals surface area (Å²) in [7, 11) is 0. The minimum Gasteiger partial charge on any atom is -0.352 e. The highest BCUT2D eigenvalue weighted by atomic mass is 35.5. The van der Waals surface area contributed by atoms with Gasteiger partial charge in [-0.1, -0.05) is 67.4 Å². The molecule has 0 heterocycles. The summed E-state index contributed by atoms with van der Waals surface area (Å²) < 4.78 is 0. The first-order valence-corrected chi connectivity index (χ1v) is 11.1. The predicted octanol–water partition coefficient (Wildman–Crippen LogP) is 5.57. The van der Waals surface area contributed by atoms with E-state index in [1.807, 2.05) is 52.0 Å². The average Bonchev–Trinajstić information content (AvgIpc) is 2.71. The third-order valence-corrected chi connectivity index (χ3v) is 6.09. The maximum Gasteiger partial charge on any atom is 0.243 e. The summed E-state index contributed by atoms with van der Waals surface area (Å²) in [5.41, 5.74) is 2.66. The molecule has 0 unspecified atom stereocenters. The van der Waals surface area contributed by atoms with Gasteiger partial charge >= 0.3 is 0 Å². The van der Waals surface area contributed by atoms with Crippen LogP contribution in [0.4, 0.5) is 0 Å². The van der Waals surface area contributed by atoms with Crippen molar-refractivity contribution < 1.29 is 9.59 Å². The van der Waals surface area contributed by atoms with Crippen molar-refractivity contribution in [3.8, 4) is 0 Å². The topological polar surface area (TPSA) is 49.4 Å². The molecular formula is C24H30Cl2N2O2. The minimum atomic E-state index is -0.577. The Bertz CT molecular complexity index is 865. The maximum atomic E-state index is 13.4. The molecule has 0 bridgehead atoms. The Balaban J connectivity index is 2.37. The van der Waals surface area contributed by atoms with Crippen molar-refractivity contribution in [2.45, 2.75) is 65.6 Å². The molecule has 30 heavy (non-hydrogen) atoms. The SMILES string of the molecule is CC[C@H](C(=O)N[C@@H](C)CC)N(Cc1ccccc1C)C(=O)Cc1c(Cl)cccc1Cl. The highest BCUT2D eigenvalue weighted by Gasteiger charge is 2.30. The molecule has 6 heteroatoms. The van der Waals surface area contributed by atoms with Gasteiger partial charge in [-0.05, 0) is 55.5 Å². The van der Waals surface area contributed by atoms with E-state index in [-0.39, 0.29) is 24.3 Å². The molecule has 2 aromatic rings. The molecule has 0 aromatic heterocycles. The van der Waals surface area contributed by atoms with Crippen LogP contribution < -0.4 is 5.32 Å². The number of nitrogens with one attached hydrogen (secondary N) is 1. The Hall–Kier alpha value is -2.04. The summed E-state index contributed by atoms with van der Waals surface area (Å²) in [6, 6.07) is 12.5. The number of aryl methyl sites for hydroxylation is 1. The van der Waals surface area contributed by atoms with Crippen LogP contribution in [0.5, 0.6) is 0 Å². The Kier molecular flexibility index (Phi) is 9.19. The highest BCUT2D eigenvalue weighted by Crippen LogP contribution is 2.26. The molecule has 0 aliphatic carbocycles.